The van der Waals surface area contributed by atoms with Gasteiger partial charge >= 0.3 is 0 Å². The van der Waals surface area contributed by atoms with Crippen LogP contribution in [-0.4, -0.2) is 9.75 Å². The second-order valence-electron chi connectivity index (χ2n) is 4.69. The fourth-order valence-electron chi connectivity index (χ4n) is 2.13. The molecule has 0 N–H and O–H groups in total. The molecule has 1 aromatic carbocycles. The van der Waals surface area contributed by atoms with E-state index < -0.39 is 0 Å². The van der Waals surface area contributed by atoms with Crippen molar-refractivity contribution in [2.24, 2.45) is 5.41 Å². The maximum Gasteiger partial charge on any atom is 0.272 e. The highest BCUT2D eigenvalue weighted by Gasteiger charge is 2.47. The highest BCUT2D eigenvalue weighted by Crippen LogP contribution is 2.54. The van der Waals surface area contributed by atoms with Crippen LogP contribution in [0, 0.1) is 15.5 Å². The maximum atomic E-state index is 11.0. The first-order chi connectivity index (χ1) is 7.94. The van der Waals surface area contributed by atoms with Gasteiger partial charge in [0.15, 0.2) is 0 Å². The third kappa shape index (κ3) is 2.63. The molecule has 1 atom stereocenters. The minimum absolute atomic E-state index is 0.175. The maximum absolute atomic E-state index is 11.0. The van der Waals surface area contributed by atoms with Crippen molar-refractivity contribution in [3.63, 3.8) is 0 Å². The Balaban J connectivity index is 2.31. The Morgan fingerprint density at radius 3 is 2.71 bits per heavy atom. The average molecular weight is 319 g/mol. The number of nitro benzene ring substituents is 1. The predicted octanol–water partition coefficient (Wildman–Crippen LogP) is 4.35. The molecule has 0 aliphatic heterocycles. The molecular weight excluding hydrogens is 305 g/mol. The van der Waals surface area contributed by atoms with Gasteiger partial charge in [-0.1, -0.05) is 34.5 Å². The lowest BCUT2D eigenvalue weighted by Crippen LogP contribution is -2.16. The summed E-state index contributed by atoms with van der Waals surface area (Å²) < 4.78 is 0. The van der Waals surface area contributed by atoms with E-state index in [1.54, 1.807) is 12.1 Å². The van der Waals surface area contributed by atoms with E-state index in [0.29, 0.717) is 9.85 Å². The van der Waals surface area contributed by atoms with Crippen molar-refractivity contribution in [2.45, 2.75) is 31.0 Å². The minimum Gasteiger partial charge on any atom is -0.258 e. The highest BCUT2D eigenvalue weighted by molar-refractivity contribution is 9.09. The number of benzene rings is 1. The monoisotopic (exact) mass is 317 g/mol. The lowest BCUT2D eigenvalue weighted by Gasteiger charge is -2.18. The van der Waals surface area contributed by atoms with Crippen LogP contribution in [0.1, 0.15) is 25.3 Å². The zero-order chi connectivity index (χ0) is 12.6. The Morgan fingerprint density at radius 1 is 1.59 bits per heavy atom. The van der Waals surface area contributed by atoms with Crippen molar-refractivity contribution in [1.82, 2.24) is 0 Å². The van der Waals surface area contributed by atoms with Gasteiger partial charge in [0.1, 0.15) is 0 Å². The van der Waals surface area contributed by atoms with Crippen LogP contribution in [0.15, 0.2) is 18.2 Å². The Hall–Kier alpha value is -0.610. The minimum atomic E-state index is -0.333. The van der Waals surface area contributed by atoms with Crippen molar-refractivity contribution in [2.75, 3.05) is 0 Å². The van der Waals surface area contributed by atoms with Crippen LogP contribution >= 0.6 is 27.5 Å². The molecular formula is C12H13BrClNO2. The summed E-state index contributed by atoms with van der Waals surface area (Å²) >= 11 is 9.51. The first-order valence-electron chi connectivity index (χ1n) is 5.51. The second kappa shape index (κ2) is 4.58. The molecule has 0 spiro atoms. The van der Waals surface area contributed by atoms with Gasteiger partial charge in [-0.05, 0) is 36.8 Å². The van der Waals surface area contributed by atoms with Crippen LogP contribution < -0.4 is 0 Å². The quantitative estimate of drug-likeness (QED) is 0.470. The van der Waals surface area contributed by atoms with Crippen molar-refractivity contribution in [3.05, 3.63) is 38.9 Å². The van der Waals surface area contributed by atoms with Crippen LogP contribution in [0.3, 0.4) is 0 Å². The predicted molar refractivity (Wildman–Crippen MR) is 71.9 cm³/mol. The molecule has 1 aromatic rings. The summed E-state index contributed by atoms with van der Waals surface area (Å²) in [6.45, 7) is 2.10. The molecule has 1 saturated carbocycles. The molecule has 0 radical (unpaired) electrons. The molecule has 0 amide bonds. The summed E-state index contributed by atoms with van der Waals surface area (Å²) in [5.74, 6) is 0. The summed E-state index contributed by atoms with van der Waals surface area (Å²) in [6.07, 6.45) is 2.95. The van der Waals surface area contributed by atoms with Crippen molar-refractivity contribution in [3.8, 4) is 0 Å². The number of nitrogens with zero attached hydrogens (tertiary/aromatic N) is 1. The topological polar surface area (TPSA) is 43.1 Å². The summed E-state index contributed by atoms with van der Waals surface area (Å²) in [7, 11) is 0. The normalized spacial score (nSPS) is 18.8. The van der Waals surface area contributed by atoms with Gasteiger partial charge in [0.2, 0.25) is 0 Å². The molecule has 0 saturated heterocycles. The molecule has 92 valence electrons. The molecule has 0 bridgehead atoms. The molecule has 3 nitrogen and oxygen atoms in total. The van der Waals surface area contributed by atoms with Crippen molar-refractivity contribution < 1.29 is 4.92 Å². The largest absolute Gasteiger partial charge is 0.272 e. The van der Waals surface area contributed by atoms with E-state index in [9.17, 15) is 10.1 Å². The van der Waals surface area contributed by atoms with Gasteiger partial charge in [0, 0.05) is 21.5 Å². The SMILES string of the molecule is CC(Br)C1(Cc2cc(Cl)ccc2[N+](=O)[O-])CC1. The zero-order valence-corrected chi connectivity index (χ0v) is 11.8. The summed E-state index contributed by atoms with van der Waals surface area (Å²) in [5, 5.41) is 11.5. The average Bonchev–Trinajstić information content (AvgIpc) is 2.98. The van der Waals surface area contributed by atoms with Crippen molar-refractivity contribution in [1.29, 1.82) is 0 Å². The van der Waals surface area contributed by atoms with E-state index in [4.69, 9.17) is 11.6 Å². The van der Waals surface area contributed by atoms with Crippen LogP contribution in [0.25, 0.3) is 0 Å². The Kier molecular flexibility index (Phi) is 3.46. The van der Waals surface area contributed by atoms with E-state index in [1.165, 1.54) is 6.07 Å². The molecule has 1 unspecified atom stereocenters. The van der Waals surface area contributed by atoms with Gasteiger partial charge in [-0.25, -0.2) is 0 Å². The summed E-state index contributed by atoms with van der Waals surface area (Å²) in [6, 6.07) is 4.78. The van der Waals surface area contributed by atoms with Crippen LogP contribution in [0.5, 0.6) is 0 Å². The van der Waals surface area contributed by atoms with E-state index in [0.717, 1.165) is 24.8 Å². The lowest BCUT2D eigenvalue weighted by molar-refractivity contribution is -0.385. The molecule has 0 aromatic heterocycles. The van der Waals surface area contributed by atoms with E-state index in [1.807, 2.05) is 0 Å². The lowest BCUT2D eigenvalue weighted by atomic mass is 9.93. The van der Waals surface area contributed by atoms with Crippen LogP contribution in [0.2, 0.25) is 5.02 Å². The molecule has 1 aliphatic carbocycles. The van der Waals surface area contributed by atoms with Gasteiger partial charge in [-0.15, -0.1) is 0 Å². The van der Waals surface area contributed by atoms with Gasteiger partial charge in [-0.3, -0.25) is 10.1 Å². The molecule has 5 heteroatoms. The summed E-state index contributed by atoms with van der Waals surface area (Å²) in [4.78, 5) is 11.0. The number of hydrogen-bond acceptors (Lipinski definition) is 2. The van der Waals surface area contributed by atoms with E-state index in [-0.39, 0.29) is 16.0 Å². The molecule has 0 heterocycles. The van der Waals surface area contributed by atoms with Gasteiger partial charge in [-0.2, -0.15) is 0 Å². The number of hydrogen-bond donors (Lipinski definition) is 0. The highest BCUT2D eigenvalue weighted by atomic mass is 79.9. The third-order valence-corrected chi connectivity index (χ3v) is 4.72. The van der Waals surface area contributed by atoms with E-state index >= 15 is 0 Å². The van der Waals surface area contributed by atoms with Gasteiger partial charge < -0.3 is 0 Å². The molecule has 17 heavy (non-hydrogen) atoms. The van der Waals surface area contributed by atoms with Crippen LogP contribution in [0.4, 0.5) is 5.69 Å². The smallest absolute Gasteiger partial charge is 0.258 e. The second-order valence-corrected chi connectivity index (χ2v) is 6.50. The van der Waals surface area contributed by atoms with Crippen molar-refractivity contribution >= 4 is 33.2 Å². The molecule has 1 aliphatic rings. The third-order valence-electron chi connectivity index (χ3n) is 3.52. The number of nitro groups is 1. The Bertz CT molecular complexity index is 458. The number of halogens is 2. The van der Waals surface area contributed by atoms with Crippen LogP contribution in [-0.2, 0) is 6.42 Å². The standard InChI is InChI=1S/C12H13BrClNO2/c1-8(13)12(4-5-12)7-9-6-10(14)2-3-11(9)15(16)17/h2-3,6,8H,4-5,7H2,1H3. The molecule has 1 fully saturated rings. The fraction of sp³-hybridized carbons (Fsp3) is 0.500. The fourth-order valence-corrected chi connectivity index (χ4v) is 2.94. The number of alkyl halides is 1. The zero-order valence-electron chi connectivity index (χ0n) is 9.45. The Labute approximate surface area is 113 Å². The first kappa shape index (κ1) is 12.8. The van der Waals surface area contributed by atoms with Gasteiger partial charge in [0.05, 0.1) is 4.92 Å². The first-order valence-corrected chi connectivity index (χ1v) is 6.81. The van der Waals surface area contributed by atoms with Gasteiger partial charge in [0.25, 0.3) is 5.69 Å². The number of rotatable bonds is 4. The Morgan fingerprint density at radius 2 is 2.24 bits per heavy atom. The summed E-state index contributed by atoms with van der Waals surface area (Å²) in [5.41, 5.74) is 1.09. The molecule has 2 rings (SSSR count). The van der Waals surface area contributed by atoms with E-state index in [2.05, 4.69) is 22.9 Å².